The van der Waals surface area contributed by atoms with Crippen molar-refractivity contribution in [1.29, 1.82) is 0 Å². The highest BCUT2D eigenvalue weighted by molar-refractivity contribution is 6.04. The summed E-state index contributed by atoms with van der Waals surface area (Å²) in [5, 5.41) is 10.8. The smallest absolute Gasteiger partial charge is 0.275 e. The Hall–Kier alpha value is -4.03. The summed E-state index contributed by atoms with van der Waals surface area (Å²) in [6.07, 6.45) is -4.72. The van der Waals surface area contributed by atoms with Crippen LogP contribution in [0.1, 0.15) is 23.6 Å². The van der Waals surface area contributed by atoms with Crippen molar-refractivity contribution in [3.63, 3.8) is 0 Å². The molecule has 8 heteroatoms. The Kier molecular flexibility index (Phi) is 6.97. The first-order valence-corrected chi connectivity index (χ1v) is 9.56. The van der Waals surface area contributed by atoms with E-state index in [4.69, 9.17) is 0 Å². The van der Waals surface area contributed by atoms with Crippen LogP contribution in [0.15, 0.2) is 88.8 Å². The van der Waals surface area contributed by atoms with Crippen LogP contribution in [0.5, 0.6) is 0 Å². The van der Waals surface area contributed by atoms with E-state index in [0.29, 0.717) is 11.3 Å². The molecule has 0 bridgehead atoms. The van der Waals surface area contributed by atoms with Crippen LogP contribution >= 0.6 is 0 Å². The van der Waals surface area contributed by atoms with Crippen LogP contribution in [0.25, 0.3) is 5.57 Å². The van der Waals surface area contributed by atoms with Gasteiger partial charge in [-0.25, -0.2) is 4.99 Å². The zero-order valence-electron chi connectivity index (χ0n) is 17.0. The molecule has 0 N–H and O–H groups in total. The highest BCUT2D eigenvalue weighted by Gasteiger charge is 2.36. The molecule has 0 spiro atoms. The molecule has 0 aliphatic carbocycles. The predicted molar refractivity (Wildman–Crippen MR) is 118 cm³/mol. The average molecular weight is 437 g/mol. The van der Waals surface area contributed by atoms with E-state index in [1.807, 2.05) is 37.3 Å². The van der Waals surface area contributed by atoms with Crippen molar-refractivity contribution in [3.8, 4) is 0 Å². The lowest BCUT2D eigenvalue weighted by Gasteiger charge is -2.11. The summed E-state index contributed by atoms with van der Waals surface area (Å²) < 4.78 is 40.8. The van der Waals surface area contributed by atoms with Crippen LogP contribution in [0.3, 0.4) is 0 Å². The molecule has 0 aromatic heterocycles. The molecule has 0 saturated heterocycles. The molecule has 0 heterocycles. The van der Waals surface area contributed by atoms with Gasteiger partial charge in [-0.3, -0.25) is 15.1 Å². The van der Waals surface area contributed by atoms with Gasteiger partial charge in [-0.1, -0.05) is 48.5 Å². The van der Waals surface area contributed by atoms with Gasteiger partial charge in [0.2, 0.25) is 0 Å². The Balaban J connectivity index is 1.93. The molecule has 0 radical (unpaired) electrons. The number of aliphatic imine (C=N–C) groups is 2. The summed E-state index contributed by atoms with van der Waals surface area (Å²) in [6.45, 7) is 1.58. The maximum absolute atomic E-state index is 13.6. The number of hydrogen-bond donors (Lipinski definition) is 0. The van der Waals surface area contributed by atoms with E-state index in [2.05, 4.69) is 15.9 Å². The first-order chi connectivity index (χ1) is 15.3. The fraction of sp³-hybridized carbons (Fsp3) is 0.125. The van der Waals surface area contributed by atoms with Gasteiger partial charge in [0.1, 0.15) is 5.71 Å². The number of alkyl halides is 3. The second-order valence-electron chi connectivity index (χ2n) is 6.81. The number of halogens is 3. The van der Waals surface area contributed by atoms with Gasteiger partial charge in [0, 0.05) is 23.3 Å². The molecule has 3 aromatic carbocycles. The Morgan fingerprint density at radius 3 is 2.19 bits per heavy atom. The first-order valence-electron chi connectivity index (χ1n) is 9.56. The topological polar surface area (TPSA) is 67.9 Å². The summed E-state index contributed by atoms with van der Waals surface area (Å²) in [4.78, 5) is 18.2. The summed E-state index contributed by atoms with van der Waals surface area (Å²) in [5.41, 5.74) is 1.01. The van der Waals surface area contributed by atoms with E-state index in [9.17, 15) is 23.3 Å². The zero-order valence-corrected chi connectivity index (χ0v) is 17.0. The van der Waals surface area contributed by atoms with Crippen LogP contribution in [0.2, 0.25) is 0 Å². The van der Waals surface area contributed by atoms with E-state index in [-0.39, 0.29) is 17.8 Å². The van der Waals surface area contributed by atoms with Gasteiger partial charge in [0.25, 0.3) is 5.69 Å². The van der Waals surface area contributed by atoms with E-state index in [0.717, 1.165) is 35.4 Å². The molecule has 32 heavy (non-hydrogen) atoms. The normalized spacial score (nSPS) is 11.6. The lowest BCUT2D eigenvalue weighted by atomic mass is 10.1. The third-order valence-electron chi connectivity index (χ3n) is 4.57. The third-order valence-corrected chi connectivity index (χ3v) is 4.57. The van der Waals surface area contributed by atoms with E-state index >= 15 is 0 Å². The maximum atomic E-state index is 13.6. The van der Waals surface area contributed by atoms with Crippen LogP contribution < -0.4 is 0 Å². The SMILES string of the molecule is CC(=C=Nc1ccccc1CN=C(c1ccc([N+](=O)[O-])cc1)C(F)(F)F)c1ccccc1. The van der Waals surface area contributed by atoms with Crippen LogP contribution in [-0.2, 0) is 6.54 Å². The maximum Gasteiger partial charge on any atom is 0.433 e. The second kappa shape index (κ2) is 9.85. The molecule has 0 aliphatic rings. The molecular formula is C24H18F3N3O2. The number of nitro benzene ring substituents is 1. The molecule has 3 rings (SSSR count). The third kappa shape index (κ3) is 5.77. The number of rotatable bonds is 6. The summed E-state index contributed by atoms with van der Waals surface area (Å²) >= 11 is 0. The summed E-state index contributed by atoms with van der Waals surface area (Å²) in [5.74, 6) is 2.93. The number of para-hydroxylation sites is 1. The quantitative estimate of drug-likeness (QED) is 0.249. The minimum atomic E-state index is -4.72. The Labute approximate surface area is 182 Å². The van der Waals surface area contributed by atoms with E-state index in [1.54, 1.807) is 24.3 Å². The molecule has 0 amide bonds. The van der Waals surface area contributed by atoms with Gasteiger partial charge >= 0.3 is 6.18 Å². The van der Waals surface area contributed by atoms with Crippen molar-refractivity contribution >= 4 is 28.5 Å². The number of non-ortho nitro benzene ring substituents is 1. The molecule has 162 valence electrons. The van der Waals surface area contributed by atoms with Gasteiger partial charge in [-0.2, -0.15) is 13.2 Å². The highest BCUT2D eigenvalue weighted by Crippen LogP contribution is 2.26. The minimum Gasteiger partial charge on any atom is -0.275 e. The van der Waals surface area contributed by atoms with E-state index in [1.165, 1.54) is 0 Å². The number of nitro groups is 1. The largest absolute Gasteiger partial charge is 0.433 e. The lowest BCUT2D eigenvalue weighted by molar-refractivity contribution is -0.384. The van der Waals surface area contributed by atoms with Crippen LogP contribution in [0, 0.1) is 10.1 Å². The summed E-state index contributed by atoms with van der Waals surface area (Å²) in [7, 11) is 0. The Bertz CT molecular complexity index is 1200. The molecule has 0 unspecified atom stereocenters. The van der Waals surface area contributed by atoms with Crippen molar-refractivity contribution in [2.45, 2.75) is 19.6 Å². The lowest BCUT2D eigenvalue weighted by Crippen LogP contribution is -2.24. The standard InChI is InChI=1S/C24H18F3N3O2/c1-17(18-7-3-2-4-8-18)15-28-22-10-6-5-9-20(22)16-29-23(24(25,26)27)19-11-13-21(14-12-19)30(31)32/h2-14H,16H2,1H3. The Morgan fingerprint density at radius 1 is 0.938 bits per heavy atom. The fourth-order valence-electron chi connectivity index (χ4n) is 2.90. The van der Waals surface area contributed by atoms with Crippen LogP contribution in [-0.4, -0.2) is 22.7 Å². The van der Waals surface area contributed by atoms with Crippen molar-refractivity contribution in [2.75, 3.05) is 0 Å². The van der Waals surface area contributed by atoms with Gasteiger partial charge in [0.05, 0.1) is 17.2 Å². The van der Waals surface area contributed by atoms with Gasteiger partial charge < -0.3 is 0 Å². The molecule has 0 fully saturated rings. The molecule has 5 nitrogen and oxygen atoms in total. The minimum absolute atomic E-state index is 0.246. The van der Waals surface area contributed by atoms with Crippen molar-refractivity contribution < 1.29 is 18.1 Å². The fourth-order valence-corrected chi connectivity index (χ4v) is 2.90. The van der Waals surface area contributed by atoms with Crippen molar-refractivity contribution in [3.05, 3.63) is 106 Å². The van der Waals surface area contributed by atoms with Crippen molar-refractivity contribution in [1.82, 2.24) is 0 Å². The average Bonchev–Trinajstić information content (AvgIpc) is 2.78. The molecular weight excluding hydrogens is 419 g/mol. The molecule has 0 atom stereocenters. The van der Waals surface area contributed by atoms with Gasteiger partial charge in [-0.15, -0.1) is 0 Å². The molecule has 3 aromatic rings. The highest BCUT2D eigenvalue weighted by atomic mass is 19.4. The number of nitrogens with zero attached hydrogens (tertiary/aromatic N) is 3. The number of hydrogen-bond acceptors (Lipinski definition) is 4. The zero-order chi connectivity index (χ0) is 23.1. The second-order valence-corrected chi connectivity index (χ2v) is 6.81. The monoisotopic (exact) mass is 437 g/mol. The van der Waals surface area contributed by atoms with E-state index < -0.39 is 16.8 Å². The van der Waals surface area contributed by atoms with Gasteiger partial charge in [-0.05, 0) is 42.1 Å². The first kappa shape index (κ1) is 22.7. The number of allylic oxidation sites excluding steroid dienone is 1. The van der Waals surface area contributed by atoms with Crippen molar-refractivity contribution in [2.24, 2.45) is 9.98 Å². The number of benzene rings is 3. The summed E-state index contributed by atoms with van der Waals surface area (Å²) in [6, 6.07) is 20.4. The van der Waals surface area contributed by atoms with Crippen LogP contribution in [0.4, 0.5) is 24.5 Å². The molecule has 0 aliphatic heterocycles. The van der Waals surface area contributed by atoms with Gasteiger partial charge in [0.15, 0.2) is 0 Å². The molecule has 0 saturated carbocycles. The predicted octanol–water partition coefficient (Wildman–Crippen LogP) is 6.55. The Morgan fingerprint density at radius 2 is 1.56 bits per heavy atom.